The molecule has 2 N–H and O–H groups in total. The maximum Gasteiger partial charge on any atom is 0.273 e. The molecule has 98 valence electrons. The number of hydrogen-bond donors (Lipinski definition) is 2. The van der Waals surface area contributed by atoms with Crippen LogP contribution in [0, 0.1) is 0 Å². The average Bonchev–Trinajstić information content (AvgIpc) is 2.78. The quantitative estimate of drug-likeness (QED) is 0.659. The highest BCUT2D eigenvalue weighted by Gasteiger charge is 2.15. The molecule has 0 amide bonds. The number of nitrogens with one attached hydrogen (secondary N) is 2. The SMILES string of the molecule is CNS(=O)(=O)c1ccc(CNCCCOC)o1. The van der Waals surface area contributed by atoms with Crippen molar-refractivity contribution >= 4 is 10.0 Å². The van der Waals surface area contributed by atoms with Gasteiger partial charge in [-0.2, -0.15) is 0 Å². The van der Waals surface area contributed by atoms with E-state index in [9.17, 15) is 8.42 Å². The van der Waals surface area contributed by atoms with Crippen molar-refractivity contribution in [1.29, 1.82) is 0 Å². The van der Waals surface area contributed by atoms with Gasteiger partial charge in [0.1, 0.15) is 5.76 Å². The van der Waals surface area contributed by atoms with Gasteiger partial charge in [0.25, 0.3) is 10.0 Å². The highest BCUT2D eigenvalue weighted by atomic mass is 32.2. The average molecular weight is 262 g/mol. The molecule has 0 spiro atoms. The van der Waals surface area contributed by atoms with Gasteiger partial charge in [0.15, 0.2) is 0 Å². The third kappa shape index (κ3) is 4.47. The van der Waals surface area contributed by atoms with Crippen LogP contribution in [0.4, 0.5) is 0 Å². The highest BCUT2D eigenvalue weighted by molar-refractivity contribution is 7.89. The molecule has 0 unspecified atom stereocenters. The van der Waals surface area contributed by atoms with Crippen molar-refractivity contribution in [2.45, 2.75) is 18.1 Å². The lowest BCUT2D eigenvalue weighted by Crippen LogP contribution is -2.18. The predicted octanol–water partition coefficient (Wildman–Crippen LogP) is 0.314. The summed E-state index contributed by atoms with van der Waals surface area (Å²) in [5.41, 5.74) is 0. The Morgan fingerprint density at radius 1 is 1.41 bits per heavy atom. The van der Waals surface area contributed by atoms with Crippen LogP contribution in [0.15, 0.2) is 21.6 Å². The van der Waals surface area contributed by atoms with E-state index in [-0.39, 0.29) is 5.09 Å². The highest BCUT2D eigenvalue weighted by Crippen LogP contribution is 2.12. The zero-order valence-electron chi connectivity index (χ0n) is 10.0. The predicted molar refractivity (Wildman–Crippen MR) is 63.2 cm³/mol. The zero-order chi connectivity index (χ0) is 12.7. The normalized spacial score (nSPS) is 11.9. The zero-order valence-corrected chi connectivity index (χ0v) is 10.8. The first-order valence-corrected chi connectivity index (χ1v) is 6.80. The molecular formula is C10H18N2O4S. The summed E-state index contributed by atoms with van der Waals surface area (Å²) < 4.78 is 35.1. The maximum atomic E-state index is 11.4. The van der Waals surface area contributed by atoms with E-state index < -0.39 is 10.0 Å². The van der Waals surface area contributed by atoms with Crippen molar-refractivity contribution in [3.63, 3.8) is 0 Å². The number of furan rings is 1. The van der Waals surface area contributed by atoms with Gasteiger partial charge >= 0.3 is 0 Å². The Morgan fingerprint density at radius 2 is 2.18 bits per heavy atom. The van der Waals surface area contributed by atoms with E-state index in [2.05, 4.69) is 10.0 Å². The van der Waals surface area contributed by atoms with E-state index in [0.717, 1.165) is 13.0 Å². The van der Waals surface area contributed by atoms with Gasteiger partial charge in [-0.3, -0.25) is 0 Å². The summed E-state index contributed by atoms with van der Waals surface area (Å²) in [7, 11) is -0.479. The summed E-state index contributed by atoms with van der Waals surface area (Å²) in [6.07, 6.45) is 0.902. The lowest BCUT2D eigenvalue weighted by Gasteiger charge is -2.02. The second kappa shape index (κ2) is 6.75. The lowest BCUT2D eigenvalue weighted by atomic mass is 10.4. The molecule has 1 aromatic rings. The second-order valence-corrected chi connectivity index (χ2v) is 5.27. The molecule has 1 rings (SSSR count). The number of sulfonamides is 1. The van der Waals surface area contributed by atoms with Crippen LogP contribution >= 0.6 is 0 Å². The fourth-order valence-electron chi connectivity index (χ4n) is 1.25. The topological polar surface area (TPSA) is 80.6 Å². The molecule has 0 aliphatic rings. The summed E-state index contributed by atoms with van der Waals surface area (Å²) in [5, 5.41) is 3.07. The summed E-state index contributed by atoms with van der Waals surface area (Å²) in [6.45, 7) is 2.00. The number of methoxy groups -OCH3 is 1. The third-order valence-corrected chi connectivity index (χ3v) is 3.46. The Labute approximate surface area is 101 Å². The summed E-state index contributed by atoms with van der Waals surface area (Å²) >= 11 is 0. The van der Waals surface area contributed by atoms with Crippen molar-refractivity contribution < 1.29 is 17.6 Å². The van der Waals surface area contributed by atoms with Crippen LogP contribution in [0.3, 0.4) is 0 Å². The van der Waals surface area contributed by atoms with Crippen molar-refractivity contribution in [3.05, 3.63) is 17.9 Å². The Balaban J connectivity index is 2.41. The minimum absolute atomic E-state index is 0.0614. The molecule has 0 atom stereocenters. The molecule has 0 aliphatic heterocycles. The second-order valence-electron chi connectivity index (χ2n) is 3.45. The molecule has 0 fully saturated rings. The molecule has 0 saturated carbocycles. The van der Waals surface area contributed by atoms with Crippen LogP contribution in [0.5, 0.6) is 0 Å². The molecule has 0 radical (unpaired) electrons. The maximum absolute atomic E-state index is 11.4. The molecule has 6 nitrogen and oxygen atoms in total. The van der Waals surface area contributed by atoms with E-state index in [1.54, 1.807) is 13.2 Å². The summed E-state index contributed by atoms with van der Waals surface area (Å²) in [4.78, 5) is 0. The molecule has 7 heteroatoms. The van der Waals surface area contributed by atoms with E-state index >= 15 is 0 Å². The largest absolute Gasteiger partial charge is 0.447 e. The first-order valence-electron chi connectivity index (χ1n) is 5.32. The summed E-state index contributed by atoms with van der Waals surface area (Å²) in [5.74, 6) is 0.594. The fourth-order valence-corrected chi connectivity index (χ4v) is 1.92. The van der Waals surface area contributed by atoms with Crippen molar-refractivity contribution in [2.75, 3.05) is 27.3 Å². The van der Waals surface area contributed by atoms with Gasteiger partial charge in [0.2, 0.25) is 5.09 Å². The Hall–Kier alpha value is -0.890. The van der Waals surface area contributed by atoms with Crippen molar-refractivity contribution in [1.82, 2.24) is 10.0 Å². The number of hydrogen-bond acceptors (Lipinski definition) is 5. The van der Waals surface area contributed by atoms with Crippen LogP contribution in [-0.4, -0.2) is 35.7 Å². The van der Waals surface area contributed by atoms with Crippen LogP contribution in [-0.2, 0) is 21.3 Å². The van der Waals surface area contributed by atoms with Gasteiger partial charge < -0.3 is 14.5 Å². The molecule has 1 aromatic heterocycles. The van der Waals surface area contributed by atoms with E-state index in [0.29, 0.717) is 18.9 Å². The molecule has 1 heterocycles. The van der Waals surface area contributed by atoms with Crippen LogP contribution < -0.4 is 10.0 Å². The third-order valence-electron chi connectivity index (χ3n) is 2.17. The molecule has 0 aliphatic carbocycles. The number of rotatable bonds is 8. The molecule has 17 heavy (non-hydrogen) atoms. The molecular weight excluding hydrogens is 244 g/mol. The first kappa shape index (κ1) is 14.2. The van der Waals surface area contributed by atoms with Gasteiger partial charge in [0, 0.05) is 13.7 Å². The van der Waals surface area contributed by atoms with E-state index in [4.69, 9.17) is 9.15 Å². The minimum atomic E-state index is -3.48. The Bertz CT molecular complexity index is 427. The fraction of sp³-hybridized carbons (Fsp3) is 0.600. The number of ether oxygens (including phenoxy) is 1. The Kier molecular flexibility index (Phi) is 5.63. The van der Waals surface area contributed by atoms with Crippen molar-refractivity contribution in [3.8, 4) is 0 Å². The lowest BCUT2D eigenvalue weighted by molar-refractivity contribution is 0.194. The van der Waals surface area contributed by atoms with Gasteiger partial charge in [0.05, 0.1) is 6.54 Å². The van der Waals surface area contributed by atoms with Gasteiger partial charge in [-0.05, 0) is 32.1 Å². The van der Waals surface area contributed by atoms with Crippen molar-refractivity contribution in [2.24, 2.45) is 0 Å². The minimum Gasteiger partial charge on any atom is -0.447 e. The van der Waals surface area contributed by atoms with Gasteiger partial charge in [-0.25, -0.2) is 13.1 Å². The smallest absolute Gasteiger partial charge is 0.273 e. The monoisotopic (exact) mass is 262 g/mol. The molecule has 0 aromatic carbocycles. The molecule has 0 bridgehead atoms. The van der Waals surface area contributed by atoms with Crippen LogP contribution in [0.1, 0.15) is 12.2 Å². The standard InChI is InChI=1S/C10H18N2O4S/c1-11-17(13,14)10-5-4-9(16-10)8-12-6-3-7-15-2/h4-5,11-12H,3,6-8H2,1-2H3. The Morgan fingerprint density at radius 3 is 2.82 bits per heavy atom. The van der Waals surface area contributed by atoms with Crippen LogP contribution in [0.25, 0.3) is 0 Å². The summed E-state index contributed by atoms with van der Waals surface area (Å²) in [6, 6.07) is 3.09. The molecule has 0 saturated heterocycles. The first-order chi connectivity index (χ1) is 8.10. The van der Waals surface area contributed by atoms with Crippen LogP contribution in [0.2, 0.25) is 0 Å². The van der Waals surface area contributed by atoms with Gasteiger partial charge in [-0.1, -0.05) is 0 Å². The van der Waals surface area contributed by atoms with E-state index in [1.807, 2.05) is 0 Å². The van der Waals surface area contributed by atoms with E-state index in [1.165, 1.54) is 13.1 Å². The van der Waals surface area contributed by atoms with Gasteiger partial charge in [-0.15, -0.1) is 0 Å².